The van der Waals surface area contributed by atoms with Crippen molar-refractivity contribution in [1.29, 1.82) is 0 Å². The van der Waals surface area contributed by atoms with Gasteiger partial charge in [0.2, 0.25) is 0 Å². The van der Waals surface area contributed by atoms with Crippen LogP contribution in [0, 0.1) is 0 Å². The van der Waals surface area contributed by atoms with Crippen LogP contribution in [0.5, 0.6) is 0 Å². The fraction of sp³-hybridized carbons (Fsp3) is 0.556. The maximum Gasteiger partial charge on any atom is 0.330 e. The summed E-state index contributed by atoms with van der Waals surface area (Å²) in [6.45, 7) is 0.290. The normalized spacial score (nSPS) is 24.8. The van der Waals surface area contributed by atoms with Crippen molar-refractivity contribution in [3.05, 3.63) is 31.5 Å². The van der Waals surface area contributed by atoms with Crippen molar-refractivity contribution in [3.8, 4) is 0 Å². The Bertz CT molecular complexity index is 517. The molecule has 0 saturated carbocycles. The lowest BCUT2D eigenvalue weighted by atomic mass is 10.2. The average molecular weight is 307 g/mol. The number of H-pyrrole nitrogens is 1. The van der Waals surface area contributed by atoms with Crippen molar-refractivity contribution >= 4 is 15.9 Å². The van der Waals surface area contributed by atoms with Crippen molar-refractivity contribution in [2.24, 2.45) is 0 Å². The number of hydrogen-bond acceptors (Lipinski definition) is 5. The van der Waals surface area contributed by atoms with E-state index < -0.39 is 23.6 Å². The van der Waals surface area contributed by atoms with Crippen molar-refractivity contribution in [1.82, 2.24) is 9.55 Å². The van der Waals surface area contributed by atoms with Crippen LogP contribution in [-0.4, -0.2) is 41.1 Å². The van der Waals surface area contributed by atoms with Gasteiger partial charge in [0.05, 0.1) is 30.9 Å². The zero-order chi connectivity index (χ0) is 12.5. The highest BCUT2D eigenvalue weighted by atomic mass is 79.9. The fourth-order valence-electron chi connectivity index (χ4n) is 1.62. The lowest BCUT2D eigenvalue weighted by Crippen LogP contribution is -2.54. The fourth-order valence-corrected chi connectivity index (χ4v) is 1.92. The highest BCUT2D eigenvalue weighted by Gasteiger charge is 2.37. The quantitative estimate of drug-likeness (QED) is 0.730. The van der Waals surface area contributed by atoms with Gasteiger partial charge in [-0.15, -0.1) is 0 Å². The Labute approximate surface area is 104 Å². The summed E-state index contributed by atoms with van der Waals surface area (Å²) < 4.78 is 11.9. The minimum atomic E-state index is -1.28. The number of aliphatic hydroxyl groups is 1. The second-order valence-corrected chi connectivity index (χ2v) is 4.47. The van der Waals surface area contributed by atoms with Gasteiger partial charge >= 0.3 is 5.69 Å². The number of hydrogen-bond donors (Lipinski definition) is 2. The molecule has 1 fully saturated rings. The number of nitrogens with one attached hydrogen (secondary N) is 1. The van der Waals surface area contributed by atoms with E-state index in [9.17, 15) is 14.7 Å². The van der Waals surface area contributed by atoms with Crippen molar-refractivity contribution in [3.63, 3.8) is 0 Å². The van der Waals surface area contributed by atoms with Crippen LogP contribution in [-0.2, 0) is 15.2 Å². The van der Waals surface area contributed by atoms with Crippen LogP contribution in [0.4, 0.5) is 0 Å². The summed E-state index contributed by atoms with van der Waals surface area (Å²) in [7, 11) is 0. The van der Waals surface area contributed by atoms with Crippen LogP contribution in [0.25, 0.3) is 0 Å². The van der Waals surface area contributed by atoms with Crippen LogP contribution in [0.3, 0.4) is 0 Å². The summed E-state index contributed by atoms with van der Waals surface area (Å²) in [5, 5.41) is 9.41. The number of aromatic amines is 1. The SMILES string of the molecule is O=c1[nH]c(=O)n(C2(CO)COCCO2)cc1Br. The predicted octanol–water partition coefficient (Wildman–Crippen LogP) is -1.01. The predicted molar refractivity (Wildman–Crippen MR) is 60.9 cm³/mol. The van der Waals surface area contributed by atoms with Crippen LogP contribution < -0.4 is 11.2 Å². The van der Waals surface area contributed by atoms with E-state index in [0.717, 1.165) is 4.57 Å². The molecular formula is C9H11BrN2O5. The van der Waals surface area contributed by atoms with Gasteiger partial charge in [0, 0.05) is 6.20 Å². The van der Waals surface area contributed by atoms with E-state index in [1.807, 2.05) is 0 Å². The van der Waals surface area contributed by atoms with Gasteiger partial charge in [-0.3, -0.25) is 14.3 Å². The van der Waals surface area contributed by atoms with E-state index in [4.69, 9.17) is 9.47 Å². The van der Waals surface area contributed by atoms with E-state index in [-0.39, 0.29) is 17.7 Å². The van der Waals surface area contributed by atoms with Gasteiger partial charge in [0.15, 0.2) is 5.72 Å². The van der Waals surface area contributed by atoms with E-state index in [1.54, 1.807) is 0 Å². The monoisotopic (exact) mass is 306 g/mol. The first-order valence-corrected chi connectivity index (χ1v) is 5.73. The first-order chi connectivity index (χ1) is 8.09. The molecule has 1 saturated heterocycles. The molecular weight excluding hydrogens is 296 g/mol. The third-order valence-electron chi connectivity index (χ3n) is 2.51. The number of aliphatic hydroxyl groups excluding tert-OH is 1. The van der Waals surface area contributed by atoms with Gasteiger partial charge in [0.1, 0.15) is 0 Å². The van der Waals surface area contributed by atoms with E-state index in [1.165, 1.54) is 6.20 Å². The molecule has 0 bridgehead atoms. The summed E-state index contributed by atoms with van der Waals surface area (Å²) in [5.74, 6) is 0. The van der Waals surface area contributed by atoms with Crippen molar-refractivity contribution in [2.75, 3.05) is 26.4 Å². The first kappa shape index (κ1) is 12.5. The van der Waals surface area contributed by atoms with Gasteiger partial charge in [-0.2, -0.15) is 0 Å². The summed E-state index contributed by atoms with van der Waals surface area (Å²) in [6, 6.07) is 0. The maximum absolute atomic E-state index is 11.7. The molecule has 0 spiro atoms. The molecule has 0 aliphatic carbocycles. The van der Waals surface area contributed by atoms with Gasteiger partial charge in [-0.25, -0.2) is 4.79 Å². The van der Waals surface area contributed by atoms with Crippen LogP contribution in [0.15, 0.2) is 20.3 Å². The Morgan fingerprint density at radius 3 is 2.88 bits per heavy atom. The smallest absolute Gasteiger partial charge is 0.330 e. The molecule has 1 atom stereocenters. The van der Waals surface area contributed by atoms with E-state index in [2.05, 4.69) is 20.9 Å². The third-order valence-corrected chi connectivity index (χ3v) is 3.08. The van der Waals surface area contributed by atoms with Crippen molar-refractivity contribution in [2.45, 2.75) is 5.72 Å². The third kappa shape index (κ3) is 2.21. The Morgan fingerprint density at radius 2 is 2.29 bits per heavy atom. The molecule has 1 aliphatic heterocycles. The average Bonchev–Trinajstić information content (AvgIpc) is 2.34. The standard InChI is InChI=1S/C9H11BrN2O5/c10-6-3-12(8(15)11-7(6)14)9(4-13)5-16-1-2-17-9/h3,13H,1-2,4-5H2,(H,11,14,15). The second kappa shape index (κ2) is 4.73. The molecule has 7 nitrogen and oxygen atoms in total. The Morgan fingerprint density at radius 1 is 1.53 bits per heavy atom. The molecule has 1 aliphatic rings. The summed E-state index contributed by atoms with van der Waals surface area (Å²) in [6.07, 6.45) is 1.28. The number of aromatic nitrogens is 2. The largest absolute Gasteiger partial charge is 0.391 e. The van der Waals surface area contributed by atoms with Crippen LogP contribution in [0.1, 0.15) is 0 Å². The molecule has 1 aromatic heterocycles. The second-order valence-electron chi connectivity index (χ2n) is 3.61. The summed E-state index contributed by atoms with van der Waals surface area (Å²) in [4.78, 5) is 25.0. The van der Waals surface area contributed by atoms with Gasteiger partial charge < -0.3 is 14.6 Å². The molecule has 94 valence electrons. The van der Waals surface area contributed by atoms with Gasteiger partial charge in [-0.1, -0.05) is 0 Å². The Kier molecular flexibility index (Phi) is 3.48. The number of ether oxygens (including phenoxy) is 2. The Hall–Kier alpha value is -0.960. The minimum Gasteiger partial charge on any atom is -0.391 e. The molecule has 17 heavy (non-hydrogen) atoms. The Balaban J connectivity index is 2.54. The zero-order valence-corrected chi connectivity index (χ0v) is 10.4. The molecule has 2 heterocycles. The number of halogens is 1. The lowest BCUT2D eigenvalue weighted by Gasteiger charge is -2.36. The topological polar surface area (TPSA) is 93.6 Å². The van der Waals surface area contributed by atoms with Gasteiger partial charge in [0.25, 0.3) is 5.56 Å². The summed E-state index contributed by atoms with van der Waals surface area (Å²) >= 11 is 3.02. The highest BCUT2D eigenvalue weighted by molar-refractivity contribution is 9.10. The maximum atomic E-state index is 11.7. The number of rotatable bonds is 2. The van der Waals surface area contributed by atoms with Crippen LogP contribution in [0.2, 0.25) is 0 Å². The highest BCUT2D eigenvalue weighted by Crippen LogP contribution is 2.20. The number of nitrogens with zero attached hydrogens (tertiary/aromatic N) is 1. The van der Waals surface area contributed by atoms with Crippen molar-refractivity contribution < 1.29 is 14.6 Å². The molecule has 1 aromatic rings. The molecule has 0 aromatic carbocycles. The molecule has 2 rings (SSSR count). The zero-order valence-electron chi connectivity index (χ0n) is 8.81. The molecule has 2 N–H and O–H groups in total. The van der Waals surface area contributed by atoms with Gasteiger partial charge in [-0.05, 0) is 15.9 Å². The molecule has 0 radical (unpaired) electrons. The summed E-state index contributed by atoms with van der Waals surface area (Å²) in [5.41, 5.74) is -2.46. The lowest BCUT2D eigenvalue weighted by molar-refractivity contribution is -0.221. The van der Waals surface area contributed by atoms with E-state index in [0.29, 0.717) is 6.61 Å². The first-order valence-electron chi connectivity index (χ1n) is 4.93. The van der Waals surface area contributed by atoms with E-state index >= 15 is 0 Å². The molecule has 8 heteroatoms. The van der Waals surface area contributed by atoms with Crippen LogP contribution >= 0.6 is 15.9 Å². The molecule has 1 unspecified atom stereocenters. The minimum absolute atomic E-state index is 0.0435. The molecule has 0 amide bonds.